The van der Waals surface area contributed by atoms with Crippen LogP contribution in [0, 0.1) is 0 Å². The number of allylic oxidation sites excluding steroid dienone is 2. The van der Waals surface area contributed by atoms with Crippen molar-refractivity contribution in [3.8, 4) is 0 Å². The lowest BCUT2D eigenvalue weighted by Crippen LogP contribution is -2.34. The number of pyridine rings is 1. The summed E-state index contributed by atoms with van der Waals surface area (Å²) in [6, 6.07) is 11.0. The van der Waals surface area contributed by atoms with Crippen molar-refractivity contribution in [2.24, 2.45) is 0 Å². The zero-order chi connectivity index (χ0) is 16.9. The average molecular weight is 420 g/mol. The molecule has 4 nitrogen and oxygen atoms in total. The molecule has 0 unspecified atom stereocenters. The highest BCUT2D eigenvalue weighted by atomic mass is 79.9. The first kappa shape index (κ1) is 16.9. The summed E-state index contributed by atoms with van der Waals surface area (Å²) in [5, 5.41) is 10.2. The van der Waals surface area contributed by atoms with Gasteiger partial charge < -0.3 is 5.32 Å². The van der Waals surface area contributed by atoms with E-state index in [-0.39, 0.29) is 11.0 Å². The van der Waals surface area contributed by atoms with E-state index in [1.807, 2.05) is 24.3 Å². The standard InChI is InChI=1S/C17H14BrN3OS2/c18-13-10-14(24-8-4-5-9-24)15(19-11-13)20-17(23)21-16(22)12-6-2-1-3-7-12/h1-11,24H,(H2,19,20,21,22,23). The van der Waals surface area contributed by atoms with Crippen LogP contribution in [0.5, 0.6) is 0 Å². The predicted molar refractivity (Wildman–Crippen MR) is 108 cm³/mol. The lowest BCUT2D eigenvalue weighted by Gasteiger charge is -2.17. The number of hydrogen-bond acceptors (Lipinski definition) is 3. The van der Waals surface area contributed by atoms with Gasteiger partial charge in [0.05, 0.1) is 0 Å². The number of thiol groups is 1. The van der Waals surface area contributed by atoms with Gasteiger partial charge in [0.2, 0.25) is 0 Å². The number of amides is 1. The molecule has 3 rings (SSSR count). The number of nitrogens with zero attached hydrogens (tertiary/aromatic N) is 1. The van der Waals surface area contributed by atoms with E-state index in [4.69, 9.17) is 12.2 Å². The van der Waals surface area contributed by atoms with Crippen LogP contribution in [0.4, 0.5) is 5.82 Å². The minimum atomic E-state index is -0.560. The van der Waals surface area contributed by atoms with Gasteiger partial charge in [0.1, 0.15) is 5.82 Å². The van der Waals surface area contributed by atoms with Crippen molar-refractivity contribution in [3.05, 3.63) is 75.6 Å². The van der Waals surface area contributed by atoms with Gasteiger partial charge in [-0.15, -0.1) is 0 Å². The fourth-order valence-electron chi connectivity index (χ4n) is 2.12. The van der Waals surface area contributed by atoms with Crippen LogP contribution in [0.1, 0.15) is 10.4 Å². The van der Waals surface area contributed by atoms with Crippen LogP contribution in [0.3, 0.4) is 0 Å². The summed E-state index contributed by atoms with van der Waals surface area (Å²) in [5.74, 6) is 0.400. The van der Waals surface area contributed by atoms with E-state index in [0.717, 1.165) is 9.37 Å². The summed E-state index contributed by atoms with van der Waals surface area (Å²) < 4.78 is 0.901. The highest BCUT2D eigenvalue weighted by Gasteiger charge is 2.14. The Bertz CT molecular complexity index is 825. The Kier molecular flexibility index (Phi) is 5.44. The molecular formula is C17H14BrN3OS2. The third-order valence-electron chi connectivity index (χ3n) is 3.21. The molecule has 122 valence electrons. The van der Waals surface area contributed by atoms with Crippen LogP contribution in [0.2, 0.25) is 0 Å². The second-order valence-corrected chi connectivity index (χ2v) is 8.10. The molecule has 0 saturated carbocycles. The van der Waals surface area contributed by atoms with Crippen molar-refractivity contribution in [1.29, 1.82) is 0 Å². The smallest absolute Gasteiger partial charge is 0.257 e. The van der Waals surface area contributed by atoms with Crippen molar-refractivity contribution >= 4 is 55.9 Å². The largest absolute Gasteiger partial charge is 0.316 e. The molecule has 0 saturated heterocycles. The number of carbonyl (C=O) groups excluding carboxylic acids is 1. The molecule has 2 N–H and O–H groups in total. The van der Waals surface area contributed by atoms with Gasteiger partial charge in [0.15, 0.2) is 5.11 Å². The third-order valence-corrected chi connectivity index (χ3v) is 5.73. The zero-order valence-corrected chi connectivity index (χ0v) is 15.7. The number of anilines is 1. The lowest BCUT2D eigenvalue weighted by molar-refractivity contribution is 0.0977. The van der Waals surface area contributed by atoms with Gasteiger partial charge in [0.25, 0.3) is 5.91 Å². The minimum Gasteiger partial charge on any atom is -0.316 e. The number of carbonyl (C=O) groups is 1. The van der Waals surface area contributed by atoms with Gasteiger partial charge in [-0.25, -0.2) is 4.98 Å². The summed E-state index contributed by atoms with van der Waals surface area (Å²) in [5.41, 5.74) is 0.552. The molecule has 1 amide bonds. The maximum absolute atomic E-state index is 12.2. The summed E-state index contributed by atoms with van der Waals surface area (Å²) in [4.78, 5) is 17.6. The number of rotatable bonds is 3. The topological polar surface area (TPSA) is 54.0 Å². The molecule has 24 heavy (non-hydrogen) atoms. The maximum Gasteiger partial charge on any atom is 0.257 e. The molecule has 1 aromatic carbocycles. The van der Waals surface area contributed by atoms with E-state index >= 15 is 0 Å². The summed E-state index contributed by atoms with van der Waals surface area (Å²) in [6.07, 6.45) is 5.74. The molecule has 1 aliphatic heterocycles. The third kappa shape index (κ3) is 4.11. The Morgan fingerprint density at radius 1 is 1.17 bits per heavy atom. The predicted octanol–water partition coefficient (Wildman–Crippen LogP) is 4.37. The van der Waals surface area contributed by atoms with Crippen LogP contribution in [0.15, 0.2) is 74.9 Å². The van der Waals surface area contributed by atoms with Crippen LogP contribution in [-0.4, -0.2) is 16.0 Å². The Morgan fingerprint density at radius 2 is 1.88 bits per heavy atom. The Balaban J connectivity index is 1.74. The van der Waals surface area contributed by atoms with E-state index < -0.39 is 10.9 Å². The Morgan fingerprint density at radius 3 is 2.58 bits per heavy atom. The van der Waals surface area contributed by atoms with Crippen LogP contribution in [-0.2, 0) is 0 Å². The lowest BCUT2D eigenvalue weighted by atomic mass is 10.2. The van der Waals surface area contributed by atoms with Crippen molar-refractivity contribution < 1.29 is 4.79 Å². The van der Waals surface area contributed by atoms with Gasteiger partial charge in [0, 0.05) is 21.1 Å². The first-order valence-corrected chi connectivity index (χ1v) is 9.78. The van der Waals surface area contributed by atoms with Gasteiger partial charge in [-0.05, 0) is 57.2 Å². The van der Waals surface area contributed by atoms with Crippen LogP contribution < -0.4 is 10.6 Å². The first-order chi connectivity index (χ1) is 11.6. The van der Waals surface area contributed by atoms with E-state index in [1.54, 1.807) is 30.5 Å². The maximum atomic E-state index is 12.2. The Hall–Kier alpha value is -1.96. The van der Waals surface area contributed by atoms with Crippen molar-refractivity contribution in [1.82, 2.24) is 10.3 Å². The Labute approximate surface area is 156 Å². The first-order valence-electron chi connectivity index (χ1n) is 7.10. The second kappa shape index (κ2) is 7.74. The molecule has 0 radical (unpaired) electrons. The highest BCUT2D eigenvalue weighted by Crippen LogP contribution is 2.45. The van der Waals surface area contributed by atoms with Crippen LogP contribution in [0.25, 0.3) is 0 Å². The quantitative estimate of drug-likeness (QED) is 0.510. The van der Waals surface area contributed by atoms with Crippen molar-refractivity contribution in [2.75, 3.05) is 5.32 Å². The van der Waals surface area contributed by atoms with Crippen molar-refractivity contribution in [2.45, 2.75) is 4.90 Å². The fourth-order valence-corrected chi connectivity index (χ4v) is 4.45. The molecule has 0 fully saturated rings. The number of thiocarbonyl (C=S) groups is 1. The monoisotopic (exact) mass is 419 g/mol. The highest BCUT2D eigenvalue weighted by molar-refractivity contribution is 9.10. The number of hydrogen-bond donors (Lipinski definition) is 3. The normalized spacial score (nSPS) is 13.8. The average Bonchev–Trinajstić information content (AvgIpc) is 3.11. The molecule has 0 atom stereocenters. The van der Waals surface area contributed by atoms with Gasteiger partial charge in [-0.3, -0.25) is 10.1 Å². The summed E-state index contributed by atoms with van der Waals surface area (Å²) >= 11 is 8.71. The fraction of sp³-hybridized carbons (Fsp3) is 0. The van der Waals surface area contributed by atoms with E-state index in [2.05, 4.69) is 42.4 Å². The molecule has 2 heterocycles. The van der Waals surface area contributed by atoms with Crippen LogP contribution >= 0.6 is 39.0 Å². The van der Waals surface area contributed by atoms with Gasteiger partial charge in [-0.2, -0.15) is 10.9 Å². The molecule has 0 spiro atoms. The second-order valence-electron chi connectivity index (χ2n) is 4.89. The number of aromatic nitrogens is 1. The molecule has 0 aliphatic carbocycles. The molecular weight excluding hydrogens is 406 g/mol. The molecule has 7 heteroatoms. The zero-order valence-electron chi connectivity index (χ0n) is 12.4. The molecule has 1 aliphatic rings. The SMILES string of the molecule is O=C(NC(=S)Nc1ncc(Br)cc1[SH]1C=CC=C1)c1ccccc1. The van der Waals surface area contributed by atoms with E-state index in [1.165, 1.54) is 0 Å². The number of nitrogens with one attached hydrogen (secondary N) is 2. The van der Waals surface area contributed by atoms with Gasteiger partial charge >= 0.3 is 0 Å². The van der Waals surface area contributed by atoms with E-state index in [9.17, 15) is 4.79 Å². The molecule has 2 aromatic rings. The number of halogens is 1. The number of benzene rings is 1. The summed E-state index contributed by atoms with van der Waals surface area (Å²) in [6.45, 7) is 0. The van der Waals surface area contributed by atoms with Crippen molar-refractivity contribution in [3.63, 3.8) is 0 Å². The molecule has 1 aromatic heterocycles. The summed E-state index contributed by atoms with van der Waals surface area (Å²) in [7, 11) is -0.560. The molecule has 0 bridgehead atoms. The van der Waals surface area contributed by atoms with E-state index in [0.29, 0.717) is 11.4 Å². The van der Waals surface area contributed by atoms with Gasteiger partial charge in [-0.1, -0.05) is 30.4 Å². The minimum absolute atomic E-state index is 0.224.